The molecule has 0 aromatic carbocycles. The average molecular weight is 202 g/mol. The molecule has 0 amide bonds. The van der Waals surface area contributed by atoms with Gasteiger partial charge in [-0.05, 0) is 29.9 Å². The molecule has 2 nitrogen and oxygen atoms in total. The van der Waals surface area contributed by atoms with Crippen molar-refractivity contribution in [3.05, 3.63) is 23.5 Å². The molecule has 2 N–H and O–H groups in total. The molecule has 2 rings (SSSR count). The second kappa shape index (κ2) is 3.43. The predicted molar refractivity (Wildman–Crippen MR) is 62.3 cm³/mol. The standard InChI is InChI=1S/C13H18N2/c1-4-6-15-7-5-10-11(14)8-13(2,3)9-12(10)15/h1,5,7,11H,6,8-9,14H2,2-3H3. The molecule has 1 aromatic heterocycles. The Morgan fingerprint density at radius 2 is 2.40 bits per heavy atom. The van der Waals surface area contributed by atoms with Crippen molar-refractivity contribution in [2.24, 2.45) is 11.1 Å². The van der Waals surface area contributed by atoms with Crippen molar-refractivity contribution in [2.75, 3.05) is 0 Å². The maximum Gasteiger partial charge on any atom is 0.0831 e. The maximum absolute atomic E-state index is 6.17. The van der Waals surface area contributed by atoms with Crippen molar-refractivity contribution in [2.45, 2.75) is 39.3 Å². The first-order valence-electron chi connectivity index (χ1n) is 5.40. The van der Waals surface area contributed by atoms with Crippen molar-refractivity contribution in [1.29, 1.82) is 0 Å². The molecule has 0 saturated heterocycles. The Kier molecular flexibility index (Phi) is 2.36. The van der Waals surface area contributed by atoms with E-state index in [-0.39, 0.29) is 11.5 Å². The molecule has 0 spiro atoms. The Morgan fingerprint density at radius 1 is 1.67 bits per heavy atom. The minimum Gasteiger partial charge on any atom is -0.340 e. The molecule has 0 radical (unpaired) electrons. The van der Waals surface area contributed by atoms with Gasteiger partial charge in [0.1, 0.15) is 0 Å². The molecule has 0 aliphatic heterocycles. The van der Waals surface area contributed by atoms with Gasteiger partial charge in [0.25, 0.3) is 0 Å². The molecule has 1 unspecified atom stereocenters. The topological polar surface area (TPSA) is 30.9 Å². The Bertz CT molecular complexity index is 407. The van der Waals surface area contributed by atoms with Gasteiger partial charge in [0.15, 0.2) is 0 Å². The summed E-state index contributed by atoms with van der Waals surface area (Å²) in [6, 6.07) is 2.29. The molecule has 1 aliphatic carbocycles. The highest BCUT2D eigenvalue weighted by atomic mass is 15.0. The van der Waals surface area contributed by atoms with Gasteiger partial charge >= 0.3 is 0 Å². The van der Waals surface area contributed by atoms with Crippen LogP contribution in [0.2, 0.25) is 0 Å². The van der Waals surface area contributed by atoms with E-state index in [4.69, 9.17) is 12.2 Å². The molecule has 2 heteroatoms. The fraction of sp³-hybridized carbons (Fsp3) is 0.538. The van der Waals surface area contributed by atoms with E-state index in [2.05, 4.69) is 36.6 Å². The Labute approximate surface area is 91.5 Å². The van der Waals surface area contributed by atoms with Gasteiger partial charge in [-0.25, -0.2) is 0 Å². The lowest BCUT2D eigenvalue weighted by molar-refractivity contribution is 0.276. The maximum atomic E-state index is 6.17. The predicted octanol–water partition coefficient (Wildman–Crippen LogP) is 2.09. The van der Waals surface area contributed by atoms with Crippen LogP contribution in [0.15, 0.2) is 12.3 Å². The van der Waals surface area contributed by atoms with E-state index in [0.29, 0.717) is 6.54 Å². The number of fused-ring (bicyclic) bond motifs is 1. The number of hydrogen-bond acceptors (Lipinski definition) is 1. The van der Waals surface area contributed by atoms with Crippen molar-refractivity contribution in [3.63, 3.8) is 0 Å². The van der Waals surface area contributed by atoms with Gasteiger partial charge in [-0.3, -0.25) is 0 Å². The molecule has 1 aliphatic rings. The highest BCUT2D eigenvalue weighted by Gasteiger charge is 2.32. The molecule has 0 fully saturated rings. The van der Waals surface area contributed by atoms with Crippen molar-refractivity contribution in [3.8, 4) is 12.3 Å². The number of rotatable bonds is 1. The number of hydrogen-bond donors (Lipinski definition) is 1. The molecule has 80 valence electrons. The van der Waals surface area contributed by atoms with Gasteiger partial charge in [-0.1, -0.05) is 19.8 Å². The summed E-state index contributed by atoms with van der Waals surface area (Å²) < 4.78 is 2.15. The quantitative estimate of drug-likeness (QED) is 0.695. The lowest BCUT2D eigenvalue weighted by atomic mass is 9.74. The highest BCUT2D eigenvalue weighted by molar-refractivity contribution is 5.30. The van der Waals surface area contributed by atoms with Crippen LogP contribution in [0.4, 0.5) is 0 Å². The van der Waals surface area contributed by atoms with Crippen LogP contribution in [0.3, 0.4) is 0 Å². The summed E-state index contributed by atoms with van der Waals surface area (Å²) in [7, 11) is 0. The zero-order chi connectivity index (χ0) is 11.1. The molecule has 0 bridgehead atoms. The zero-order valence-electron chi connectivity index (χ0n) is 9.46. The number of aromatic nitrogens is 1. The van der Waals surface area contributed by atoms with Gasteiger partial charge in [0, 0.05) is 17.9 Å². The zero-order valence-corrected chi connectivity index (χ0v) is 9.46. The van der Waals surface area contributed by atoms with E-state index < -0.39 is 0 Å². The van der Waals surface area contributed by atoms with Crippen LogP contribution >= 0.6 is 0 Å². The van der Waals surface area contributed by atoms with E-state index in [1.54, 1.807) is 0 Å². The van der Waals surface area contributed by atoms with Crippen LogP contribution in [0.5, 0.6) is 0 Å². The Morgan fingerprint density at radius 3 is 3.07 bits per heavy atom. The van der Waals surface area contributed by atoms with E-state index in [1.165, 1.54) is 11.3 Å². The van der Waals surface area contributed by atoms with Crippen molar-refractivity contribution >= 4 is 0 Å². The van der Waals surface area contributed by atoms with Gasteiger partial charge in [-0.15, -0.1) is 6.42 Å². The van der Waals surface area contributed by atoms with Crippen LogP contribution < -0.4 is 5.73 Å². The number of nitrogens with zero attached hydrogens (tertiary/aromatic N) is 1. The van der Waals surface area contributed by atoms with Gasteiger partial charge in [-0.2, -0.15) is 0 Å². The van der Waals surface area contributed by atoms with Crippen molar-refractivity contribution in [1.82, 2.24) is 4.57 Å². The largest absolute Gasteiger partial charge is 0.340 e. The fourth-order valence-corrected chi connectivity index (χ4v) is 2.54. The van der Waals surface area contributed by atoms with E-state index in [1.807, 2.05) is 0 Å². The highest BCUT2D eigenvalue weighted by Crippen LogP contribution is 2.39. The summed E-state index contributed by atoms with van der Waals surface area (Å²) in [6.07, 6.45) is 9.54. The molecular weight excluding hydrogens is 184 g/mol. The first kappa shape index (κ1) is 10.3. The summed E-state index contributed by atoms with van der Waals surface area (Å²) in [6.45, 7) is 5.18. The van der Waals surface area contributed by atoms with Gasteiger partial charge in [0.05, 0.1) is 6.54 Å². The van der Waals surface area contributed by atoms with E-state index in [0.717, 1.165) is 12.8 Å². The summed E-state index contributed by atoms with van der Waals surface area (Å²) in [5.41, 5.74) is 9.07. The average Bonchev–Trinajstić information content (AvgIpc) is 2.47. The van der Waals surface area contributed by atoms with E-state index in [9.17, 15) is 0 Å². The molecule has 1 atom stereocenters. The normalized spacial score (nSPS) is 23.2. The fourth-order valence-electron chi connectivity index (χ4n) is 2.54. The lowest BCUT2D eigenvalue weighted by Crippen LogP contribution is -2.30. The second-order valence-electron chi connectivity index (χ2n) is 5.20. The Balaban J connectivity index is 2.41. The van der Waals surface area contributed by atoms with Gasteiger partial charge in [0.2, 0.25) is 0 Å². The summed E-state index contributed by atoms with van der Waals surface area (Å²) in [5.74, 6) is 2.68. The van der Waals surface area contributed by atoms with Crippen LogP contribution in [0, 0.1) is 17.8 Å². The third kappa shape index (κ3) is 1.80. The van der Waals surface area contributed by atoms with Crippen LogP contribution in [0.25, 0.3) is 0 Å². The smallest absolute Gasteiger partial charge is 0.0831 e. The lowest BCUT2D eigenvalue weighted by Gasteiger charge is -2.34. The third-order valence-corrected chi connectivity index (χ3v) is 3.19. The SMILES string of the molecule is C#CCn1ccc2c1CC(C)(C)CC2N. The number of terminal acetylenes is 1. The summed E-state index contributed by atoms with van der Waals surface area (Å²) in [4.78, 5) is 0. The minimum atomic E-state index is 0.169. The molecular formula is C13H18N2. The van der Waals surface area contributed by atoms with Crippen LogP contribution in [0.1, 0.15) is 37.6 Å². The first-order valence-corrected chi connectivity index (χ1v) is 5.40. The molecule has 1 heterocycles. The van der Waals surface area contributed by atoms with E-state index >= 15 is 0 Å². The summed E-state index contributed by atoms with van der Waals surface area (Å²) in [5, 5.41) is 0. The van der Waals surface area contributed by atoms with Crippen LogP contribution in [-0.2, 0) is 13.0 Å². The number of nitrogens with two attached hydrogens (primary N) is 1. The minimum absolute atomic E-state index is 0.169. The van der Waals surface area contributed by atoms with Gasteiger partial charge < -0.3 is 10.3 Å². The first-order chi connectivity index (χ1) is 7.03. The second-order valence-corrected chi connectivity index (χ2v) is 5.20. The Hall–Kier alpha value is -1.20. The monoisotopic (exact) mass is 202 g/mol. The van der Waals surface area contributed by atoms with Crippen LogP contribution in [-0.4, -0.2) is 4.57 Å². The molecule has 15 heavy (non-hydrogen) atoms. The summed E-state index contributed by atoms with van der Waals surface area (Å²) >= 11 is 0. The van der Waals surface area contributed by atoms with Crippen molar-refractivity contribution < 1.29 is 0 Å². The third-order valence-electron chi connectivity index (χ3n) is 3.19. The molecule has 1 aromatic rings. The molecule has 0 saturated carbocycles.